The molecule has 2 rings (SSSR count). The number of likely N-dealkylation sites (tertiary alicyclic amines) is 1. The topological polar surface area (TPSA) is 26.7 Å². The predicted molar refractivity (Wildman–Crippen MR) is 75.7 cm³/mol. The molecule has 2 aliphatic rings. The second-order valence-electron chi connectivity index (χ2n) is 7.30. The normalized spacial score (nSPS) is 38.0. The molecule has 0 bridgehead atoms. The Kier molecular flexibility index (Phi) is 4.35. The summed E-state index contributed by atoms with van der Waals surface area (Å²) in [6, 6.07) is 1.05. The monoisotopic (exact) mass is 254 g/mol. The second-order valence-corrected chi connectivity index (χ2v) is 7.30. The Morgan fingerprint density at radius 3 is 2.61 bits per heavy atom. The molecule has 1 aliphatic carbocycles. The summed E-state index contributed by atoms with van der Waals surface area (Å²) in [5.74, 6) is 0. The van der Waals surface area contributed by atoms with Crippen molar-refractivity contribution in [2.75, 3.05) is 27.2 Å². The molecular weight excluding hydrogens is 224 g/mol. The standard InChI is InChI=1S/C15H30N2O/c1-15(2)8-7-14(18)13(10-15)17-9-5-6-12(11-17)16(3)4/h12-14,18H,5-11H2,1-4H3. The zero-order valence-electron chi connectivity index (χ0n) is 12.5. The van der Waals surface area contributed by atoms with E-state index in [1.54, 1.807) is 0 Å². The lowest BCUT2D eigenvalue weighted by molar-refractivity contribution is -0.0346. The van der Waals surface area contributed by atoms with Crippen molar-refractivity contribution in [1.82, 2.24) is 9.80 Å². The van der Waals surface area contributed by atoms with Crippen LogP contribution in [0.1, 0.15) is 46.0 Å². The molecule has 3 heteroatoms. The summed E-state index contributed by atoms with van der Waals surface area (Å²) in [7, 11) is 4.35. The van der Waals surface area contributed by atoms with Crippen LogP contribution in [0.2, 0.25) is 0 Å². The van der Waals surface area contributed by atoms with Gasteiger partial charge in [0.1, 0.15) is 0 Å². The number of likely N-dealkylation sites (N-methyl/N-ethyl adjacent to an activating group) is 1. The smallest absolute Gasteiger partial charge is 0.0695 e. The molecule has 0 aromatic carbocycles. The minimum atomic E-state index is -0.112. The van der Waals surface area contributed by atoms with Crippen LogP contribution < -0.4 is 0 Å². The largest absolute Gasteiger partial charge is 0.391 e. The van der Waals surface area contributed by atoms with Gasteiger partial charge in [0.15, 0.2) is 0 Å². The predicted octanol–water partition coefficient (Wildman–Crippen LogP) is 1.95. The van der Waals surface area contributed by atoms with E-state index in [0.717, 1.165) is 25.8 Å². The van der Waals surface area contributed by atoms with E-state index in [0.29, 0.717) is 17.5 Å². The maximum Gasteiger partial charge on any atom is 0.0695 e. The fourth-order valence-corrected chi connectivity index (χ4v) is 3.61. The molecule has 0 aromatic heterocycles. The zero-order chi connectivity index (χ0) is 13.3. The van der Waals surface area contributed by atoms with E-state index in [9.17, 15) is 5.11 Å². The van der Waals surface area contributed by atoms with Gasteiger partial charge in [-0.05, 0) is 58.2 Å². The molecule has 1 aliphatic heterocycles. The van der Waals surface area contributed by atoms with Gasteiger partial charge >= 0.3 is 0 Å². The highest BCUT2D eigenvalue weighted by molar-refractivity contribution is 4.93. The van der Waals surface area contributed by atoms with Gasteiger partial charge in [-0.3, -0.25) is 4.90 Å². The summed E-state index contributed by atoms with van der Waals surface area (Å²) in [5.41, 5.74) is 0.398. The number of hydrogen-bond donors (Lipinski definition) is 1. The van der Waals surface area contributed by atoms with Gasteiger partial charge in [-0.25, -0.2) is 0 Å². The summed E-state index contributed by atoms with van der Waals surface area (Å²) in [4.78, 5) is 4.90. The minimum absolute atomic E-state index is 0.112. The third-order valence-electron chi connectivity index (χ3n) is 4.95. The van der Waals surface area contributed by atoms with Crippen molar-refractivity contribution in [2.24, 2.45) is 5.41 Å². The molecular formula is C15H30N2O. The van der Waals surface area contributed by atoms with E-state index in [1.165, 1.54) is 19.4 Å². The lowest BCUT2D eigenvalue weighted by atomic mass is 9.73. The number of aliphatic hydroxyl groups excluding tert-OH is 1. The van der Waals surface area contributed by atoms with Crippen LogP contribution in [0.15, 0.2) is 0 Å². The second kappa shape index (κ2) is 5.48. The van der Waals surface area contributed by atoms with Crippen molar-refractivity contribution in [2.45, 2.75) is 64.1 Å². The van der Waals surface area contributed by atoms with Gasteiger partial charge in [0, 0.05) is 18.6 Å². The molecule has 3 atom stereocenters. The van der Waals surface area contributed by atoms with E-state index in [-0.39, 0.29) is 6.10 Å². The Morgan fingerprint density at radius 1 is 1.22 bits per heavy atom. The molecule has 1 saturated heterocycles. The van der Waals surface area contributed by atoms with Crippen molar-refractivity contribution in [1.29, 1.82) is 0 Å². The number of piperidine rings is 1. The molecule has 1 saturated carbocycles. The SMILES string of the molecule is CN(C)C1CCCN(C2CC(C)(C)CCC2O)C1. The summed E-state index contributed by atoms with van der Waals surface area (Å²) in [5, 5.41) is 10.3. The van der Waals surface area contributed by atoms with Crippen LogP contribution in [0.3, 0.4) is 0 Å². The number of aliphatic hydroxyl groups is 1. The molecule has 18 heavy (non-hydrogen) atoms. The third-order valence-corrected chi connectivity index (χ3v) is 4.95. The average molecular weight is 254 g/mol. The van der Waals surface area contributed by atoms with Crippen molar-refractivity contribution >= 4 is 0 Å². The zero-order valence-corrected chi connectivity index (χ0v) is 12.5. The maximum atomic E-state index is 10.3. The Balaban J connectivity index is 2.00. The summed E-state index contributed by atoms with van der Waals surface area (Å²) < 4.78 is 0. The Morgan fingerprint density at radius 2 is 1.94 bits per heavy atom. The van der Waals surface area contributed by atoms with Crippen LogP contribution in [0.5, 0.6) is 0 Å². The molecule has 3 nitrogen and oxygen atoms in total. The first kappa shape index (κ1) is 14.3. The van der Waals surface area contributed by atoms with Crippen LogP contribution >= 0.6 is 0 Å². The fourth-order valence-electron chi connectivity index (χ4n) is 3.61. The summed E-state index contributed by atoms with van der Waals surface area (Å²) in [6.45, 7) is 6.99. The van der Waals surface area contributed by atoms with Crippen LogP contribution in [-0.2, 0) is 0 Å². The van der Waals surface area contributed by atoms with Gasteiger partial charge in [-0.1, -0.05) is 13.8 Å². The first-order chi connectivity index (χ1) is 8.39. The molecule has 106 valence electrons. The Labute approximate surface area is 112 Å². The van der Waals surface area contributed by atoms with Gasteiger partial charge < -0.3 is 10.0 Å². The summed E-state index contributed by atoms with van der Waals surface area (Å²) in [6.07, 6.45) is 5.74. The molecule has 0 spiro atoms. The van der Waals surface area contributed by atoms with Crippen LogP contribution in [-0.4, -0.2) is 60.3 Å². The van der Waals surface area contributed by atoms with Gasteiger partial charge in [0.05, 0.1) is 6.10 Å². The van der Waals surface area contributed by atoms with Gasteiger partial charge in [0.25, 0.3) is 0 Å². The lowest BCUT2D eigenvalue weighted by Gasteiger charge is -2.47. The van der Waals surface area contributed by atoms with E-state index < -0.39 is 0 Å². The minimum Gasteiger partial charge on any atom is -0.391 e. The van der Waals surface area contributed by atoms with Gasteiger partial charge in [-0.2, -0.15) is 0 Å². The van der Waals surface area contributed by atoms with Crippen molar-refractivity contribution in [3.63, 3.8) is 0 Å². The van der Waals surface area contributed by atoms with E-state index in [4.69, 9.17) is 0 Å². The molecule has 2 fully saturated rings. The lowest BCUT2D eigenvalue weighted by Crippen LogP contribution is -2.55. The highest BCUT2D eigenvalue weighted by atomic mass is 16.3. The maximum absolute atomic E-state index is 10.3. The number of nitrogens with zero attached hydrogens (tertiary/aromatic N) is 2. The average Bonchev–Trinajstić information content (AvgIpc) is 2.32. The third kappa shape index (κ3) is 3.25. The number of rotatable bonds is 2. The van der Waals surface area contributed by atoms with Crippen LogP contribution in [0.4, 0.5) is 0 Å². The molecule has 3 unspecified atom stereocenters. The van der Waals surface area contributed by atoms with Crippen LogP contribution in [0.25, 0.3) is 0 Å². The van der Waals surface area contributed by atoms with Crippen molar-refractivity contribution < 1.29 is 5.11 Å². The Bertz CT molecular complexity index is 278. The highest BCUT2D eigenvalue weighted by Crippen LogP contribution is 2.38. The quantitative estimate of drug-likeness (QED) is 0.816. The first-order valence-electron chi connectivity index (χ1n) is 7.47. The number of hydrogen-bond acceptors (Lipinski definition) is 3. The van der Waals surface area contributed by atoms with Gasteiger partial charge in [0.2, 0.25) is 0 Å². The van der Waals surface area contributed by atoms with E-state index in [1.807, 2.05) is 0 Å². The Hall–Kier alpha value is -0.120. The highest BCUT2D eigenvalue weighted by Gasteiger charge is 2.38. The fraction of sp³-hybridized carbons (Fsp3) is 1.00. The van der Waals surface area contributed by atoms with E-state index >= 15 is 0 Å². The van der Waals surface area contributed by atoms with Crippen molar-refractivity contribution in [3.05, 3.63) is 0 Å². The van der Waals surface area contributed by atoms with Gasteiger partial charge in [-0.15, -0.1) is 0 Å². The van der Waals surface area contributed by atoms with E-state index in [2.05, 4.69) is 37.7 Å². The molecule has 0 radical (unpaired) electrons. The van der Waals surface area contributed by atoms with Crippen LogP contribution in [0, 0.1) is 5.41 Å². The molecule has 1 N–H and O–H groups in total. The summed E-state index contributed by atoms with van der Waals surface area (Å²) >= 11 is 0. The molecule has 0 amide bonds. The first-order valence-corrected chi connectivity index (χ1v) is 7.47. The van der Waals surface area contributed by atoms with Crippen molar-refractivity contribution in [3.8, 4) is 0 Å². The molecule has 0 aromatic rings. The molecule has 1 heterocycles.